The van der Waals surface area contributed by atoms with Gasteiger partial charge in [-0.05, 0) is 30.8 Å². The standard InChI is InChI=1S/C8H15NO2S/c10-3-8-6-1-9-2-7(8)5-12(11)4-6/h6-10H,1-5H2. The molecule has 0 aromatic carbocycles. The highest BCUT2D eigenvalue weighted by atomic mass is 32.2. The number of aliphatic hydroxyl groups is 1. The number of rotatable bonds is 1. The van der Waals surface area contributed by atoms with Gasteiger partial charge in [-0.2, -0.15) is 0 Å². The molecule has 2 aliphatic heterocycles. The number of hydrogen-bond donors (Lipinski definition) is 2. The predicted octanol–water partition coefficient (Wildman–Crippen LogP) is -0.807. The highest BCUT2D eigenvalue weighted by Crippen LogP contribution is 2.30. The van der Waals surface area contributed by atoms with Gasteiger partial charge in [0.05, 0.1) is 0 Å². The van der Waals surface area contributed by atoms with Crippen molar-refractivity contribution in [1.29, 1.82) is 0 Å². The molecule has 2 saturated heterocycles. The molecule has 0 amide bonds. The maximum atomic E-state index is 11.3. The highest BCUT2D eigenvalue weighted by Gasteiger charge is 2.38. The van der Waals surface area contributed by atoms with Gasteiger partial charge in [0.1, 0.15) is 0 Å². The van der Waals surface area contributed by atoms with Gasteiger partial charge in [-0.1, -0.05) is 0 Å². The van der Waals surface area contributed by atoms with Crippen LogP contribution in [-0.4, -0.2) is 40.5 Å². The van der Waals surface area contributed by atoms with Gasteiger partial charge >= 0.3 is 0 Å². The SMILES string of the molecule is O=S1CC2CNCC(C1)C2CO. The second kappa shape index (κ2) is 3.44. The summed E-state index contributed by atoms with van der Waals surface area (Å²) in [5.74, 6) is 2.87. The van der Waals surface area contributed by atoms with E-state index in [0.717, 1.165) is 24.6 Å². The lowest BCUT2D eigenvalue weighted by atomic mass is 9.80. The molecule has 12 heavy (non-hydrogen) atoms. The van der Waals surface area contributed by atoms with Crippen LogP contribution in [0.5, 0.6) is 0 Å². The molecular weight excluding hydrogens is 174 g/mol. The van der Waals surface area contributed by atoms with E-state index in [0.29, 0.717) is 17.8 Å². The van der Waals surface area contributed by atoms with E-state index in [1.807, 2.05) is 0 Å². The van der Waals surface area contributed by atoms with E-state index in [1.165, 1.54) is 0 Å². The third kappa shape index (κ3) is 1.43. The fourth-order valence-corrected chi connectivity index (χ4v) is 4.17. The molecule has 4 heteroatoms. The Morgan fingerprint density at radius 2 is 1.92 bits per heavy atom. The van der Waals surface area contributed by atoms with Gasteiger partial charge in [-0.15, -0.1) is 0 Å². The number of fused-ring (bicyclic) bond motifs is 2. The van der Waals surface area contributed by atoms with Crippen LogP contribution in [0.2, 0.25) is 0 Å². The normalized spacial score (nSPS) is 47.4. The molecule has 0 aromatic rings. The zero-order valence-electron chi connectivity index (χ0n) is 7.03. The summed E-state index contributed by atoms with van der Waals surface area (Å²) in [7, 11) is -0.622. The molecule has 2 rings (SSSR count). The number of hydrogen-bond acceptors (Lipinski definition) is 3. The van der Waals surface area contributed by atoms with E-state index in [4.69, 9.17) is 5.11 Å². The van der Waals surface area contributed by atoms with Crippen molar-refractivity contribution < 1.29 is 9.32 Å². The average molecular weight is 189 g/mol. The third-order valence-electron chi connectivity index (χ3n) is 3.03. The lowest BCUT2D eigenvalue weighted by Gasteiger charge is -2.41. The maximum Gasteiger partial charge on any atom is 0.0466 e. The van der Waals surface area contributed by atoms with E-state index < -0.39 is 10.8 Å². The van der Waals surface area contributed by atoms with Gasteiger partial charge < -0.3 is 10.4 Å². The minimum absolute atomic E-state index is 0.272. The Kier molecular flexibility index (Phi) is 2.48. The lowest BCUT2D eigenvalue weighted by Crippen LogP contribution is -2.52. The van der Waals surface area contributed by atoms with Crippen molar-refractivity contribution in [3.8, 4) is 0 Å². The summed E-state index contributed by atoms with van der Waals surface area (Å²) in [5.41, 5.74) is 0. The van der Waals surface area contributed by atoms with Gasteiger partial charge in [0.25, 0.3) is 0 Å². The Labute approximate surface area is 75.0 Å². The molecule has 2 heterocycles. The van der Waals surface area contributed by atoms with Crippen molar-refractivity contribution in [1.82, 2.24) is 5.32 Å². The van der Waals surface area contributed by atoms with Crippen LogP contribution in [0.4, 0.5) is 0 Å². The molecule has 2 unspecified atom stereocenters. The number of nitrogens with one attached hydrogen (secondary N) is 1. The second-order valence-corrected chi connectivity index (χ2v) is 5.34. The molecule has 70 valence electrons. The molecule has 2 bridgehead atoms. The summed E-state index contributed by atoms with van der Waals surface area (Å²) in [6.07, 6.45) is 0. The zero-order valence-corrected chi connectivity index (χ0v) is 7.85. The monoisotopic (exact) mass is 189 g/mol. The summed E-state index contributed by atoms with van der Waals surface area (Å²) in [6.45, 7) is 2.15. The molecule has 2 atom stereocenters. The first kappa shape index (κ1) is 8.66. The summed E-state index contributed by atoms with van der Waals surface area (Å²) in [6, 6.07) is 0. The van der Waals surface area contributed by atoms with Gasteiger partial charge in [0.2, 0.25) is 0 Å². The smallest absolute Gasteiger partial charge is 0.0466 e. The van der Waals surface area contributed by atoms with Crippen molar-refractivity contribution in [3.05, 3.63) is 0 Å². The van der Waals surface area contributed by atoms with Gasteiger partial charge in [0.15, 0.2) is 0 Å². The summed E-state index contributed by atoms with van der Waals surface area (Å²) < 4.78 is 11.3. The summed E-state index contributed by atoms with van der Waals surface area (Å²) >= 11 is 0. The Morgan fingerprint density at radius 1 is 1.33 bits per heavy atom. The molecule has 0 aromatic heterocycles. The van der Waals surface area contributed by atoms with E-state index >= 15 is 0 Å². The largest absolute Gasteiger partial charge is 0.396 e. The minimum Gasteiger partial charge on any atom is -0.396 e. The van der Waals surface area contributed by atoms with E-state index in [-0.39, 0.29) is 6.61 Å². The van der Waals surface area contributed by atoms with Crippen LogP contribution in [0.1, 0.15) is 0 Å². The maximum absolute atomic E-state index is 11.3. The van der Waals surface area contributed by atoms with Crippen molar-refractivity contribution in [2.75, 3.05) is 31.2 Å². The molecule has 2 aliphatic rings. The minimum atomic E-state index is -0.622. The topological polar surface area (TPSA) is 49.3 Å². The quantitative estimate of drug-likeness (QED) is 0.567. The van der Waals surface area contributed by atoms with Crippen LogP contribution in [0.3, 0.4) is 0 Å². The molecule has 2 fully saturated rings. The average Bonchev–Trinajstić information content (AvgIpc) is 2.02. The van der Waals surface area contributed by atoms with Crippen molar-refractivity contribution in [2.24, 2.45) is 17.8 Å². The molecule has 0 spiro atoms. The van der Waals surface area contributed by atoms with Crippen molar-refractivity contribution in [2.45, 2.75) is 0 Å². The van der Waals surface area contributed by atoms with Gasteiger partial charge in [0, 0.05) is 28.9 Å². The molecular formula is C8H15NO2S. The van der Waals surface area contributed by atoms with E-state index in [2.05, 4.69) is 5.32 Å². The molecule has 0 aliphatic carbocycles. The summed E-state index contributed by atoms with van der Waals surface area (Å²) in [4.78, 5) is 0. The van der Waals surface area contributed by atoms with Crippen LogP contribution in [0.25, 0.3) is 0 Å². The Balaban J connectivity index is 2.11. The first-order chi connectivity index (χ1) is 5.81. The van der Waals surface area contributed by atoms with E-state index in [1.54, 1.807) is 0 Å². The van der Waals surface area contributed by atoms with Crippen LogP contribution in [0, 0.1) is 17.8 Å². The third-order valence-corrected chi connectivity index (χ3v) is 4.63. The van der Waals surface area contributed by atoms with Gasteiger partial charge in [-0.25, -0.2) is 0 Å². The van der Waals surface area contributed by atoms with Crippen LogP contribution in [-0.2, 0) is 10.8 Å². The van der Waals surface area contributed by atoms with Crippen molar-refractivity contribution in [3.63, 3.8) is 0 Å². The number of aliphatic hydroxyl groups excluding tert-OH is 1. The predicted molar refractivity (Wildman–Crippen MR) is 48.3 cm³/mol. The Hall–Kier alpha value is 0.0700. The fraction of sp³-hybridized carbons (Fsp3) is 1.00. The molecule has 2 N–H and O–H groups in total. The van der Waals surface area contributed by atoms with Crippen molar-refractivity contribution >= 4 is 10.8 Å². The Morgan fingerprint density at radius 3 is 2.42 bits per heavy atom. The first-order valence-electron chi connectivity index (χ1n) is 4.48. The number of piperidine rings is 1. The van der Waals surface area contributed by atoms with E-state index in [9.17, 15) is 4.21 Å². The first-order valence-corrected chi connectivity index (χ1v) is 5.96. The van der Waals surface area contributed by atoms with Crippen LogP contribution < -0.4 is 5.32 Å². The molecule has 3 nitrogen and oxygen atoms in total. The van der Waals surface area contributed by atoms with Gasteiger partial charge in [-0.3, -0.25) is 4.21 Å². The lowest BCUT2D eigenvalue weighted by molar-refractivity contribution is 0.106. The molecule has 0 radical (unpaired) electrons. The summed E-state index contributed by atoms with van der Waals surface area (Å²) in [5, 5.41) is 12.5. The zero-order chi connectivity index (χ0) is 8.55. The highest BCUT2D eigenvalue weighted by molar-refractivity contribution is 7.85. The Bertz CT molecular complexity index is 181. The second-order valence-electron chi connectivity index (χ2n) is 3.80. The van der Waals surface area contributed by atoms with Crippen LogP contribution in [0.15, 0.2) is 0 Å². The fourth-order valence-electron chi connectivity index (χ4n) is 2.35. The van der Waals surface area contributed by atoms with Crippen LogP contribution >= 0.6 is 0 Å². The molecule has 0 saturated carbocycles.